The smallest absolute Gasteiger partial charge is 0.410 e. The number of likely N-dealkylation sites (tertiary alicyclic amines) is 1. The van der Waals surface area contributed by atoms with Gasteiger partial charge in [0, 0.05) is 92.9 Å². The zero-order chi connectivity index (χ0) is 33.8. The van der Waals surface area contributed by atoms with Gasteiger partial charge in [-0.3, -0.25) is 10.1 Å². The van der Waals surface area contributed by atoms with Crippen LogP contribution >= 0.6 is 23.2 Å². The molecule has 4 aromatic rings. The molecular formula is C34H38Cl2N8O4. The Labute approximate surface area is 288 Å². The fourth-order valence-electron chi connectivity index (χ4n) is 6.70. The Balaban J connectivity index is 0.926. The van der Waals surface area contributed by atoms with Gasteiger partial charge in [0.15, 0.2) is 0 Å². The van der Waals surface area contributed by atoms with Crippen molar-refractivity contribution in [3.8, 4) is 17.0 Å². The molecule has 0 unspecified atom stereocenters. The second-order valence-corrected chi connectivity index (χ2v) is 14.7. The number of amides is 3. The first-order valence-corrected chi connectivity index (χ1v) is 16.8. The predicted octanol–water partition coefficient (Wildman–Crippen LogP) is 6.26. The Hall–Kier alpha value is -4.29. The predicted molar refractivity (Wildman–Crippen MR) is 184 cm³/mol. The van der Waals surface area contributed by atoms with E-state index >= 15 is 0 Å². The second-order valence-electron chi connectivity index (χ2n) is 13.9. The summed E-state index contributed by atoms with van der Waals surface area (Å²) < 4.78 is 11.7. The molecule has 1 spiro atoms. The monoisotopic (exact) mass is 692 g/mol. The van der Waals surface area contributed by atoms with E-state index in [1.807, 2.05) is 74.0 Å². The number of hydrogen-bond donors (Lipinski definition) is 1. The molecule has 3 aliphatic heterocycles. The summed E-state index contributed by atoms with van der Waals surface area (Å²) in [6.07, 6.45) is 4.24. The highest BCUT2D eigenvalue weighted by Gasteiger charge is 2.54. The lowest BCUT2D eigenvalue weighted by molar-refractivity contribution is -0.0123. The maximum Gasteiger partial charge on any atom is 0.410 e. The molecule has 0 aliphatic carbocycles. The Kier molecular flexibility index (Phi) is 8.27. The molecule has 1 aromatic carbocycles. The lowest BCUT2D eigenvalue weighted by Crippen LogP contribution is -2.74. The summed E-state index contributed by atoms with van der Waals surface area (Å²) >= 11 is 12.7. The lowest BCUT2D eigenvalue weighted by atomic mass is 9.73. The Bertz CT molecular complexity index is 1820. The number of urea groups is 1. The first-order valence-electron chi connectivity index (χ1n) is 16.0. The SMILES string of the molecule is C[C@@H](Oc1ccc2[nH]nc(-c3ccc(N4CC5(CN(C(=O)N6CCN(C(=O)OC(C)(C)C)CC6)C5)C4)nc3)c2c1)c1c(Cl)cncc1Cl. The van der Waals surface area contributed by atoms with Crippen molar-refractivity contribution in [1.82, 2.24) is 34.9 Å². The fraction of sp³-hybridized carbons (Fsp3) is 0.441. The van der Waals surface area contributed by atoms with Crippen LogP contribution in [0, 0.1) is 5.41 Å². The molecule has 12 nitrogen and oxygen atoms in total. The Morgan fingerprint density at radius 3 is 2.25 bits per heavy atom. The van der Waals surface area contributed by atoms with Gasteiger partial charge in [0.2, 0.25) is 0 Å². The summed E-state index contributed by atoms with van der Waals surface area (Å²) in [6.45, 7) is 12.6. The molecule has 3 amide bonds. The van der Waals surface area contributed by atoms with E-state index < -0.39 is 5.60 Å². The van der Waals surface area contributed by atoms with E-state index in [9.17, 15) is 9.59 Å². The fourth-order valence-corrected chi connectivity index (χ4v) is 7.38. The lowest BCUT2D eigenvalue weighted by Gasteiger charge is -2.61. The number of nitrogens with zero attached hydrogens (tertiary/aromatic N) is 7. The Morgan fingerprint density at radius 1 is 0.917 bits per heavy atom. The molecule has 0 bridgehead atoms. The molecule has 3 fully saturated rings. The molecule has 1 N–H and O–H groups in total. The van der Waals surface area contributed by atoms with E-state index in [0.717, 1.165) is 54.2 Å². The van der Waals surface area contributed by atoms with Crippen LogP contribution in [0.25, 0.3) is 22.2 Å². The molecule has 252 valence electrons. The van der Waals surface area contributed by atoms with Crippen LogP contribution in [0.4, 0.5) is 15.4 Å². The summed E-state index contributed by atoms with van der Waals surface area (Å²) in [5, 5.41) is 9.48. The van der Waals surface area contributed by atoms with Crippen molar-refractivity contribution in [2.45, 2.75) is 39.4 Å². The van der Waals surface area contributed by atoms with E-state index in [-0.39, 0.29) is 23.6 Å². The zero-order valence-corrected chi connectivity index (χ0v) is 28.9. The van der Waals surface area contributed by atoms with Crippen molar-refractivity contribution in [2.24, 2.45) is 5.41 Å². The minimum absolute atomic E-state index is 0.0459. The summed E-state index contributed by atoms with van der Waals surface area (Å²) in [5.41, 5.74) is 2.80. The van der Waals surface area contributed by atoms with Gasteiger partial charge in [-0.15, -0.1) is 0 Å². The number of benzene rings is 1. The summed E-state index contributed by atoms with van der Waals surface area (Å²) in [4.78, 5) is 42.0. The van der Waals surface area contributed by atoms with Crippen molar-refractivity contribution in [3.63, 3.8) is 0 Å². The van der Waals surface area contributed by atoms with Gasteiger partial charge in [-0.2, -0.15) is 5.10 Å². The van der Waals surface area contributed by atoms with Crippen LogP contribution in [-0.2, 0) is 4.74 Å². The first kappa shape index (κ1) is 32.3. The van der Waals surface area contributed by atoms with Gasteiger partial charge in [-0.1, -0.05) is 23.2 Å². The van der Waals surface area contributed by atoms with Crippen LogP contribution in [0.15, 0.2) is 48.9 Å². The number of carbonyl (C=O) groups is 2. The van der Waals surface area contributed by atoms with E-state index in [4.69, 9.17) is 37.7 Å². The third-order valence-corrected chi connectivity index (χ3v) is 9.67. The molecule has 3 aromatic heterocycles. The van der Waals surface area contributed by atoms with Crippen molar-refractivity contribution in [1.29, 1.82) is 0 Å². The van der Waals surface area contributed by atoms with Crippen molar-refractivity contribution >= 4 is 52.0 Å². The number of H-pyrrole nitrogens is 1. The molecule has 14 heteroatoms. The molecular weight excluding hydrogens is 655 g/mol. The molecule has 3 aliphatic rings. The second kappa shape index (κ2) is 12.3. The number of rotatable bonds is 5. The summed E-state index contributed by atoms with van der Waals surface area (Å²) in [6, 6.07) is 9.86. The number of carbonyl (C=O) groups excluding carboxylic acids is 2. The van der Waals surface area contributed by atoms with E-state index in [0.29, 0.717) is 47.5 Å². The number of anilines is 1. The molecule has 48 heavy (non-hydrogen) atoms. The number of piperazine rings is 1. The summed E-state index contributed by atoms with van der Waals surface area (Å²) in [7, 11) is 0. The maximum absolute atomic E-state index is 13.1. The van der Waals surface area contributed by atoms with Gasteiger partial charge in [0.1, 0.15) is 29.0 Å². The Morgan fingerprint density at radius 2 is 1.60 bits per heavy atom. The standard InChI is InChI=1S/C34H38Cl2N8O4/c1-21(29-25(35)15-37-16-26(29)36)47-23-6-7-27-24(13-23)30(40-39-27)22-5-8-28(38-14-22)43-17-34(18-43)19-44(20-34)31(45)41-9-11-42(12-10-41)32(46)48-33(2,3)4/h5-8,13-16,21H,9-12,17-20H2,1-4H3,(H,39,40)/t21-/m1/s1. The molecule has 0 saturated carbocycles. The highest BCUT2D eigenvalue weighted by atomic mass is 35.5. The van der Waals surface area contributed by atoms with Gasteiger partial charge in [-0.05, 0) is 58.0 Å². The summed E-state index contributed by atoms with van der Waals surface area (Å²) in [5.74, 6) is 1.56. The molecule has 3 saturated heterocycles. The van der Waals surface area contributed by atoms with Crippen LogP contribution in [-0.4, -0.2) is 105 Å². The number of aromatic nitrogens is 4. The zero-order valence-electron chi connectivity index (χ0n) is 27.4. The van der Waals surface area contributed by atoms with Gasteiger partial charge in [0.05, 0.1) is 15.6 Å². The van der Waals surface area contributed by atoms with E-state index in [1.165, 1.54) is 0 Å². The molecule has 1 atom stereocenters. The third kappa shape index (κ3) is 6.30. The highest BCUT2D eigenvalue weighted by Crippen LogP contribution is 2.42. The molecule has 6 heterocycles. The molecule has 0 radical (unpaired) electrons. The number of ether oxygens (including phenoxy) is 2. The maximum atomic E-state index is 13.1. The number of fused-ring (bicyclic) bond motifs is 1. The van der Waals surface area contributed by atoms with Gasteiger partial charge in [-0.25, -0.2) is 14.6 Å². The number of pyridine rings is 2. The van der Waals surface area contributed by atoms with Gasteiger partial charge < -0.3 is 29.1 Å². The number of aromatic amines is 1. The van der Waals surface area contributed by atoms with Gasteiger partial charge >= 0.3 is 12.1 Å². The average molecular weight is 694 g/mol. The van der Waals surface area contributed by atoms with E-state index in [1.54, 1.807) is 17.3 Å². The first-order chi connectivity index (χ1) is 22.9. The van der Waals surface area contributed by atoms with Crippen molar-refractivity contribution < 1.29 is 19.1 Å². The normalized spacial score (nSPS) is 18.0. The number of nitrogens with one attached hydrogen (secondary N) is 1. The van der Waals surface area contributed by atoms with Crippen LogP contribution in [0.5, 0.6) is 5.75 Å². The van der Waals surface area contributed by atoms with E-state index in [2.05, 4.69) is 20.1 Å². The topological polar surface area (TPSA) is 120 Å². The van der Waals surface area contributed by atoms with Crippen molar-refractivity contribution in [2.75, 3.05) is 57.3 Å². The highest BCUT2D eigenvalue weighted by molar-refractivity contribution is 6.35. The van der Waals surface area contributed by atoms with Crippen LogP contribution in [0.2, 0.25) is 10.0 Å². The van der Waals surface area contributed by atoms with Crippen LogP contribution in [0.3, 0.4) is 0 Å². The minimum atomic E-state index is -0.536. The largest absolute Gasteiger partial charge is 0.486 e. The van der Waals surface area contributed by atoms with Crippen LogP contribution in [0.1, 0.15) is 39.4 Å². The molecule has 7 rings (SSSR count). The van der Waals surface area contributed by atoms with Crippen LogP contribution < -0.4 is 9.64 Å². The van der Waals surface area contributed by atoms with Crippen molar-refractivity contribution in [3.05, 3.63) is 64.5 Å². The average Bonchev–Trinajstić information content (AvgIpc) is 3.42. The minimum Gasteiger partial charge on any atom is -0.486 e. The van der Waals surface area contributed by atoms with Gasteiger partial charge in [0.25, 0.3) is 0 Å². The quantitative estimate of drug-likeness (QED) is 0.260. The third-order valence-electron chi connectivity index (χ3n) is 9.07. The number of halogens is 2. The number of hydrogen-bond acceptors (Lipinski definition) is 8.